The van der Waals surface area contributed by atoms with Gasteiger partial charge in [-0.2, -0.15) is 4.39 Å². The number of benzene rings is 2. The molecule has 0 aromatic heterocycles. The summed E-state index contributed by atoms with van der Waals surface area (Å²) in [5, 5.41) is 10.9. The average Bonchev–Trinajstić information content (AvgIpc) is 3.10. The van der Waals surface area contributed by atoms with Crippen molar-refractivity contribution in [3.8, 4) is 0 Å². The Kier molecular flexibility index (Phi) is 5.77. The van der Waals surface area contributed by atoms with Crippen molar-refractivity contribution in [2.24, 2.45) is 5.92 Å². The number of hydrogen-bond acceptors (Lipinski definition) is 4. The summed E-state index contributed by atoms with van der Waals surface area (Å²) in [6.07, 6.45) is -0.126. The summed E-state index contributed by atoms with van der Waals surface area (Å²) in [5.74, 6) is -4.60. The number of amides is 2. The SMILES string of the molecule is CC(c1ccc(F)c(F)c1)N(C)C(=O)C1CC(=O)N(c2ccc(F)c([N+](=O)[O-])c2)C1. The second kappa shape index (κ2) is 8.13. The maximum Gasteiger partial charge on any atom is 0.306 e. The van der Waals surface area contributed by atoms with Gasteiger partial charge in [0, 0.05) is 26.1 Å². The number of rotatable bonds is 5. The van der Waals surface area contributed by atoms with Crippen molar-refractivity contribution < 1.29 is 27.7 Å². The Morgan fingerprint density at radius 1 is 1.17 bits per heavy atom. The maximum absolute atomic E-state index is 13.6. The molecule has 30 heavy (non-hydrogen) atoms. The van der Waals surface area contributed by atoms with Gasteiger partial charge in [0.1, 0.15) is 0 Å². The molecule has 2 atom stereocenters. The van der Waals surface area contributed by atoms with Crippen LogP contribution in [-0.2, 0) is 9.59 Å². The fourth-order valence-electron chi connectivity index (χ4n) is 3.41. The van der Waals surface area contributed by atoms with Gasteiger partial charge in [-0.05, 0) is 36.8 Å². The zero-order chi connectivity index (χ0) is 22.2. The van der Waals surface area contributed by atoms with Gasteiger partial charge in [0.15, 0.2) is 11.6 Å². The zero-order valence-corrected chi connectivity index (χ0v) is 16.1. The summed E-state index contributed by atoms with van der Waals surface area (Å²) in [5.41, 5.74) is -0.251. The van der Waals surface area contributed by atoms with E-state index in [4.69, 9.17) is 0 Å². The maximum atomic E-state index is 13.6. The molecule has 0 spiro atoms. The van der Waals surface area contributed by atoms with Crippen LogP contribution in [0.4, 0.5) is 24.5 Å². The summed E-state index contributed by atoms with van der Waals surface area (Å²) in [4.78, 5) is 37.9. The first-order valence-electron chi connectivity index (χ1n) is 9.06. The molecule has 2 aromatic rings. The average molecular weight is 421 g/mol. The van der Waals surface area contributed by atoms with Crippen LogP contribution in [0.15, 0.2) is 36.4 Å². The minimum atomic E-state index is -1.03. The largest absolute Gasteiger partial charge is 0.339 e. The molecule has 0 aliphatic carbocycles. The lowest BCUT2D eigenvalue weighted by atomic mass is 10.0. The van der Waals surface area contributed by atoms with E-state index >= 15 is 0 Å². The van der Waals surface area contributed by atoms with Gasteiger partial charge >= 0.3 is 5.69 Å². The Hall–Kier alpha value is -3.43. The normalized spacial score (nSPS) is 17.2. The van der Waals surface area contributed by atoms with E-state index in [1.165, 1.54) is 29.0 Å². The molecule has 1 heterocycles. The van der Waals surface area contributed by atoms with Crippen LogP contribution in [0.1, 0.15) is 24.9 Å². The number of hydrogen-bond donors (Lipinski definition) is 0. The first kappa shape index (κ1) is 21.3. The number of carbonyl (C=O) groups excluding carboxylic acids is 2. The molecule has 7 nitrogen and oxygen atoms in total. The molecule has 2 unspecified atom stereocenters. The predicted molar refractivity (Wildman–Crippen MR) is 101 cm³/mol. The lowest BCUT2D eigenvalue weighted by Crippen LogP contribution is -2.36. The summed E-state index contributed by atoms with van der Waals surface area (Å²) in [7, 11) is 1.49. The Labute approximate surface area is 169 Å². The molecule has 158 valence electrons. The molecule has 0 radical (unpaired) electrons. The van der Waals surface area contributed by atoms with E-state index in [0.717, 1.165) is 24.3 Å². The van der Waals surface area contributed by atoms with E-state index in [0.29, 0.717) is 5.56 Å². The van der Waals surface area contributed by atoms with Crippen LogP contribution in [0, 0.1) is 33.5 Å². The zero-order valence-electron chi connectivity index (χ0n) is 16.1. The van der Waals surface area contributed by atoms with Crippen molar-refractivity contribution in [1.29, 1.82) is 0 Å². The number of halogens is 3. The molecular formula is C20H18F3N3O4. The van der Waals surface area contributed by atoms with Crippen LogP contribution < -0.4 is 4.90 Å². The second-order valence-corrected chi connectivity index (χ2v) is 7.10. The Morgan fingerprint density at radius 3 is 2.47 bits per heavy atom. The van der Waals surface area contributed by atoms with Crippen LogP contribution in [0.3, 0.4) is 0 Å². The summed E-state index contributed by atoms with van der Waals surface area (Å²) in [6, 6.07) is 5.86. The van der Waals surface area contributed by atoms with Crippen LogP contribution in [0.25, 0.3) is 0 Å². The summed E-state index contributed by atoms with van der Waals surface area (Å²) >= 11 is 0. The number of nitrogens with zero attached hydrogens (tertiary/aromatic N) is 3. The van der Waals surface area contributed by atoms with E-state index in [1.54, 1.807) is 6.92 Å². The molecule has 0 bridgehead atoms. The van der Waals surface area contributed by atoms with Crippen molar-refractivity contribution in [1.82, 2.24) is 4.90 Å². The van der Waals surface area contributed by atoms with E-state index in [1.807, 2.05) is 0 Å². The van der Waals surface area contributed by atoms with Gasteiger partial charge in [0.25, 0.3) is 0 Å². The molecule has 1 aliphatic heterocycles. The minimum absolute atomic E-state index is 0.0324. The highest BCUT2D eigenvalue weighted by Crippen LogP contribution is 2.31. The van der Waals surface area contributed by atoms with Crippen molar-refractivity contribution in [2.45, 2.75) is 19.4 Å². The highest BCUT2D eigenvalue weighted by atomic mass is 19.2. The molecule has 0 saturated carbocycles. The minimum Gasteiger partial charge on any atom is -0.339 e. The lowest BCUT2D eigenvalue weighted by molar-refractivity contribution is -0.387. The van der Waals surface area contributed by atoms with E-state index in [-0.39, 0.29) is 24.6 Å². The standard InChI is InChI=1S/C20H18F3N3O4/c1-11(12-3-5-15(21)17(23)7-12)24(2)20(28)13-8-19(27)25(10-13)14-4-6-16(22)18(9-14)26(29)30/h3-7,9,11,13H,8,10H2,1-2H3. The fraction of sp³-hybridized carbons (Fsp3) is 0.300. The van der Waals surface area contributed by atoms with Crippen molar-refractivity contribution in [2.75, 3.05) is 18.5 Å². The van der Waals surface area contributed by atoms with Gasteiger partial charge < -0.3 is 9.80 Å². The van der Waals surface area contributed by atoms with Crippen LogP contribution >= 0.6 is 0 Å². The molecule has 3 rings (SSSR count). The summed E-state index contributed by atoms with van der Waals surface area (Å²) < 4.78 is 40.2. The van der Waals surface area contributed by atoms with Gasteiger partial charge in [0.05, 0.1) is 22.6 Å². The monoisotopic (exact) mass is 421 g/mol. The summed E-state index contributed by atoms with van der Waals surface area (Å²) in [6.45, 7) is 1.61. The fourth-order valence-corrected chi connectivity index (χ4v) is 3.41. The van der Waals surface area contributed by atoms with Crippen LogP contribution in [0.2, 0.25) is 0 Å². The quantitative estimate of drug-likeness (QED) is 0.546. The third-order valence-corrected chi connectivity index (χ3v) is 5.27. The third kappa shape index (κ3) is 3.98. The van der Waals surface area contributed by atoms with Crippen molar-refractivity contribution in [3.05, 3.63) is 69.5 Å². The number of nitro groups is 1. The van der Waals surface area contributed by atoms with Crippen LogP contribution in [0.5, 0.6) is 0 Å². The van der Waals surface area contributed by atoms with Gasteiger partial charge in [-0.25, -0.2) is 8.78 Å². The van der Waals surface area contributed by atoms with E-state index < -0.39 is 45.9 Å². The highest BCUT2D eigenvalue weighted by Gasteiger charge is 2.38. The molecule has 1 aliphatic rings. The molecule has 1 saturated heterocycles. The molecular weight excluding hydrogens is 403 g/mol. The van der Waals surface area contributed by atoms with E-state index in [2.05, 4.69) is 0 Å². The third-order valence-electron chi connectivity index (χ3n) is 5.27. The molecule has 2 aromatic carbocycles. The van der Waals surface area contributed by atoms with Crippen LogP contribution in [-0.4, -0.2) is 35.2 Å². The number of anilines is 1. The Balaban J connectivity index is 1.76. The molecule has 0 N–H and O–H groups in total. The van der Waals surface area contributed by atoms with Crippen molar-refractivity contribution in [3.63, 3.8) is 0 Å². The molecule has 1 fully saturated rings. The Bertz CT molecular complexity index is 1030. The van der Waals surface area contributed by atoms with Gasteiger partial charge in [-0.15, -0.1) is 0 Å². The first-order valence-corrected chi connectivity index (χ1v) is 9.06. The van der Waals surface area contributed by atoms with Gasteiger partial charge in [0.2, 0.25) is 17.6 Å². The molecule has 10 heteroatoms. The number of carbonyl (C=O) groups is 2. The van der Waals surface area contributed by atoms with E-state index in [9.17, 15) is 32.9 Å². The lowest BCUT2D eigenvalue weighted by Gasteiger charge is -2.28. The van der Waals surface area contributed by atoms with Crippen molar-refractivity contribution >= 4 is 23.2 Å². The smallest absolute Gasteiger partial charge is 0.306 e. The Morgan fingerprint density at radius 2 is 1.83 bits per heavy atom. The molecule has 2 amide bonds. The number of nitro benzene ring substituents is 1. The highest BCUT2D eigenvalue weighted by molar-refractivity contribution is 6.00. The first-order chi connectivity index (χ1) is 14.1. The second-order valence-electron chi connectivity index (χ2n) is 7.10. The van der Waals surface area contributed by atoms with Gasteiger partial charge in [-0.3, -0.25) is 19.7 Å². The predicted octanol–water partition coefficient (Wildman–Crippen LogP) is 3.58. The topological polar surface area (TPSA) is 83.8 Å². The van der Waals surface area contributed by atoms with Gasteiger partial charge in [-0.1, -0.05) is 6.07 Å².